The Morgan fingerprint density at radius 3 is 2.12 bits per heavy atom. The number of sulfonamides is 1. The maximum Gasteiger partial charge on any atom is 0.243 e. The second kappa shape index (κ2) is 14.5. The fourth-order valence-corrected chi connectivity index (χ4v) is 5.47. The van der Waals surface area contributed by atoms with Crippen LogP contribution in [0.25, 0.3) is 0 Å². The van der Waals surface area contributed by atoms with Gasteiger partial charge in [-0.05, 0) is 55.7 Å². The molecule has 8 nitrogen and oxygen atoms in total. The molecular weight excluding hydrogens is 526 g/mol. The van der Waals surface area contributed by atoms with E-state index < -0.39 is 16.1 Å². The van der Waals surface area contributed by atoms with E-state index in [1.165, 1.54) is 4.31 Å². The Morgan fingerprint density at radius 2 is 1.52 bits per heavy atom. The molecule has 0 saturated heterocycles. The number of para-hydroxylation sites is 1. The van der Waals surface area contributed by atoms with Gasteiger partial charge in [0.25, 0.3) is 0 Å². The van der Waals surface area contributed by atoms with E-state index in [1.807, 2.05) is 74.5 Å². The first-order chi connectivity index (χ1) is 19.1. The number of hydrogen-bond donors (Lipinski definition) is 1. The highest BCUT2D eigenvalue weighted by atomic mass is 32.2. The molecule has 0 aromatic heterocycles. The van der Waals surface area contributed by atoms with Crippen molar-refractivity contribution < 1.29 is 22.7 Å². The molecule has 9 heteroatoms. The summed E-state index contributed by atoms with van der Waals surface area (Å²) in [6.07, 6.45) is 1.86. The maximum atomic E-state index is 13.8. The van der Waals surface area contributed by atoms with Gasteiger partial charge < -0.3 is 15.0 Å². The van der Waals surface area contributed by atoms with Crippen LogP contribution in [0, 0.1) is 0 Å². The number of carbonyl (C=O) groups excluding carboxylic acids is 2. The molecule has 0 spiro atoms. The van der Waals surface area contributed by atoms with Gasteiger partial charge in [0, 0.05) is 32.0 Å². The predicted molar refractivity (Wildman–Crippen MR) is 159 cm³/mol. The maximum absolute atomic E-state index is 13.8. The molecule has 1 N–H and O–H groups in total. The van der Waals surface area contributed by atoms with Crippen LogP contribution < -0.4 is 14.4 Å². The van der Waals surface area contributed by atoms with Gasteiger partial charge >= 0.3 is 0 Å². The van der Waals surface area contributed by atoms with Crippen LogP contribution in [0.4, 0.5) is 5.69 Å². The van der Waals surface area contributed by atoms with Crippen LogP contribution in [0.1, 0.15) is 37.8 Å². The highest BCUT2D eigenvalue weighted by molar-refractivity contribution is 7.92. The molecule has 3 rings (SSSR count). The average molecular weight is 566 g/mol. The number of hydrogen-bond acceptors (Lipinski definition) is 5. The molecule has 0 unspecified atom stereocenters. The van der Waals surface area contributed by atoms with Crippen molar-refractivity contribution in [3.05, 3.63) is 96.1 Å². The topological polar surface area (TPSA) is 96.0 Å². The van der Waals surface area contributed by atoms with Gasteiger partial charge in [-0.15, -0.1) is 0 Å². The van der Waals surface area contributed by atoms with Crippen LogP contribution in [-0.2, 0) is 32.6 Å². The van der Waals surface area contributed by atoms with Crippen LogP contribution in [0.5, 0.6) is 5.75 Å². The van der Waals surface area contributed by atoms with Gasteiger partial charge in [-0.3, -0.25) is 13.9 Å². The Kier molecular flexibility index (Phi) is 11.1. The smallest absolute Gasteiger partial charge is 0.243 e. The van der Waals surface area contributed by atoms with Gasteiger partial charge in [0.05, 0.1) is 19.1 Å². The summed E-state index contributed by atoms with van der Waals surface area (Å²) in [5.74, 6) is 0.184. The van der Waals surface area contributed by atoms with Crippen molar-refractivity contribution >= 4 is 27.5 Å². The van der Waals surface area contributed by atoms with E-state index in [-0.39, 0.29) is 37.4 Å². The molecule has 0 fully saturated rings. The number of carbonyl (C=O) groups is 2. The zero-order chi connectivity index (χ0) is 29.1. The number of benzene rings is 3. The molecule has 3 aromatic carbocycles. The van der Waals surface area contributed by atoms with E-state index in [4.69, 9.17) is 4.74 Å². The Bertz CT molecular complexity index is 1350. The van der Waals surface area contributed by atoms with Crippen molar-refractivity contribution in [3.63, 3.8) is 0 Å². The monoisotopic (exact) mass is 565 g/mol. The van der Waals surface area contributed by atoms with Crippen molar-refractivity contribution in [1.29, 1.82) is 0 Å². The summed E-state index contributed by atoms with van der Waals surface area (Å²) in [5.41, 5.74) is 2.30. The van der Waals surface area contributed by atoms with Crippen LogP contribution in [-0.4, -0.2) is 57.1 Å². The van der Waals surface area contributed by atoms with Crippen molar-refractivity contribution in [1.82, 2.24) is 10.2 Å². The lowest BCUT2D eigenvalue weighted by Gasteiger charge is -2.32. The first kappa shape index (κ1) is 30.7. The molecule has 3 aromatic rings. The van der Waals surface area contributed by atoms with Gasteiger partial charge in [0.1, 0.15) is 11.8 Å². The van der Waals surface area contributed by atoms with Gasteiger partial charge in [-0.1, -0.05) is 60.7 Å². The van der Waals surface area contributed by atoms with E-state index in [9.17, 15) is 18.0 Å². The van der Waals surface area contributed by atoms with Gasteiger partial charge in [-0.25, -0.2) is 8.42 Å². The number of amides is 2. The van der Waals surface area contributed by atoms with Crippen molar-refractivity contribution in [3.8, 4) is 5.75 Å². The van der Waals surface area contributed by atoms with E-state index >= 15 is 0 Å². The molecule has 214 valence electrons. The van der Waals surface area contributed by atoms with Gasteiger partial charge in [-0.2, -0.15) is 0 Å². The molecule has 0 aliphatic carbocycles. The molecule has 0 aliphatic rings. The molecule has 0 aliphatic heterocycles. The lowest BCUT2D eigenvalue weighted by Crippen LogP contribution is -2.51. The highest BCUT2D eigenvalue weighted by Crippen LogP contribution is 2.21. The lowest BCUT2D eigenvalue weighted by molar-refractivity contribution is -0.141. The minimum Gasteiger partial charge on any atom is -0.497 e. The quantitative estimate of drug-likeness (QED) is 0.313. The summed E-state index contributed by atoms with van der Waals surface area (Å²) in [4.78, 5) is 28.9. The van der Waals surface area contributed by atoms with Gasteiger partial charge in [0.15, 0.2) is 0 Å². The number of nitrogens with zero attached hydrogens (tertiary/aromatic N) is 2. The minimum absolute atomic E-state index is 0.0725. The van der Waals surface area contributed by atoms with Crippen LogP contribution >= 0.6 is 0 Å². The number of rotatable bonds is 14. The van der Waals surface area contributed by atoms with Crippen LogP contribution in [0.15, 0.2) is 84.9 Å². The molecule has 0 saturated carbocycles. The molecule has 1 atom stereocenters. The number of methoxy groups -OCH3 is 1. The second-order valence-corrected chi connectivity index (χ2v) is 11.9. The third-order valence-corrected chi connectivity index (χ3v) is 7.58. The van der Waals surface area contributed by atoms with E-state index in [1.54, 1.807) is 36.3 Å². The Balaban J connectivity index is 1.89. The van der Waals surface area contributed by atoms with E-state index in [2.05, 4.69) is 5.32 Å². The highest BCUT2D eigenvalue weighted by Gasteiger charge is 2.31. The van der Waals surface area contributed by atoms with Crippen molar-refractivity contribution in [2.75, 3.05) is 24.2 Å². The first-order valence-electron chi connectivity index (χ1n) is 13.4. The fraction of sp³-hybridized carbons (Fsp3) is 0.355. The Labute approximate surface area is 238 Å². The summed E-state index contributed by atoms with van der Waals surface area (Å²) >= 11 is 0. The molecule has 40 heavy (non-hydrogen) atoms. The summed E-state index contributed by atoms with van der Waals surface area (Å²) in [5, 5.41) is 2.98. The number of ether oxygens (including phenoxy) is 1. The summed E-state index contributed by atoms with van der Waals surface area (Å²) in [6, 6.07) is 25.0. The average Bonchev–Trinajstić information content (AvgIpc) is 2.93. The summed E-state index contributed by atoms with van der Waals surface area (Å²) < 4.78 is 31.7. The fourth-order valence-electron chi connectivity index (χ4n) is 4.50. The van der Waals surface area contributed by atoms with Crippen LogP contribution in [0.3, 0.4) is 0 Å². The standard InChI is InChI=1S/C31H39N3O5S/c1-24(2)32-31(36)29(22-25-13-7-5-8-14-25)33(23-26-15-11-18-28(21-26)39-3)30(35)19-12-20-34(40(4,37)38)27-16-9-6-10-17-27/h5-11,13-18,21,24,29H,12,19-20,22-23H2,1-4H3,(H,32,36)/t29-/m1/s1. The third kappa shape index (κ3) is 9.12. The largest absolute Gasteiger partial charge is 0.497 e. The third-order valence-electron chi connectivity index (χ3n) is 6.39. The number of anilines is 1. The molecule has 0 bridgehead atoms. The van der Waals surface area contributed by atoms with E-state index in [0.717, 1.165) is 17.4 Å². The number of nitrogens with one attached hydrogen (secondary N) is 1. The zero-order valence-electron chi connectivity index (χ0n) is 23.6. The molecule has 0 heterocycles. The summed E-state index contributed by atoms with van der Waals surface area (Å²) in [6.45, 7) is 4.11. The SMILES string of the molecule is COc1cccc(CN(C(=O)CCCN(c2ccccc2)S(C)(=O)=O)[C@H](Cc2ccccc2)C(=O)NC(C)C)c1. The zero-order valence-corrected chi connectivity index (χ0v) is 24.4. The Morgan fingerprint density at radius 1 is 0.900 bits per heavy atom. The first-order valence-corrected chi connectivity index (χ1v) is 15.2. The normalized spacial score (nSPS) is 12.0. The van der Waals surface area contributed by atoms with Crippen molar-refractivity contribution in [2.45, 2.75) is 51.7 Å². The predicted octanol–water partition coefficient (Wildman–Crippen LogP) is 4.41. The molecule has 0 radical (unpaired) electrons. The minimum atomic E-state index is -3.55. The molecule has 2 amide bonds. The lowest BCUT2D eigenvalue weighted by atomic mass is 10.0. The van der Waals surface area contributed by atoms with Gasteiger partial charge in [0.2, 0.25) is 21.8 Å². The van der Waals surface area contributed by atoms with E-state index in [0.29, 0.717) is 24.3 Å². The summed E-state index contributed by atoms with van der Waals surface area (Å²) in [7, 11) is -1.97. The Hall–Kier alpha value is -3.85. The van der Waals surface area contributed by atoms with Crippen molar-refractivity contribution in [2.24, 2.45) is 0 Å². The molecular formula is C31H39N3O5S. The van der Waals surface area contributed by atoms with Crippen LogP contribution in [0.2, 0.25) is 0 Å². The second-order valence-electron chi connectivity index (χ2n) is 10.0.